The number of aliphatic hydroxyl groups excluding tert-OH is 3. The molecule has 0 bridgehead atoms. The Labute approximate surface area is 130 Å². The van der Waals surface area contributed by atoms with Crippen molar-refractivity contribution in [1.29, 1.82) is 0 Å². The Morgan fingerprint density at radius 3 is 2.70 bits per heavy atom. The molecular weight excluding hydrogens is 302 g/mol. The molecule has 1 saturated heterocycles. The lowest BCUT2D eigenvalue weighted by Gasteiger charge is -2.17. The number of nitrogens with two attached hydrogens (primary N) is 1. The average molecular weight is 317 g/mol. The zero-order chi connectivity index (χ0) is 16.1. The van der Waals surface area contributed by atoms with Crippen LogP contribution in [0.3, 0.4) is 0 Å². The second-order valence-corrected chi connectivity index (χ2v) is 5.50. The Bertz CT molecular complexity index is 882. The summed E-state index contributed by atoms with van der Waals surface area (Å²) >= 11 is 0. The number of nitrogen functional groups attached to an aromatic ring is 1. The Balaban J connectivity index is 1.85. The Hall–Kier alpha value is -2.33. The van der Waals surface area contributed by atoms with E-state index < -0.39 is 24.5 Å². The molecule has 4 rings (SSSR count). The van der Waals surface area contributed by atoms with Gasteiger partial charge in [0.1, 0.15) is 30.5 Å². The first-order valence-electron chi connectivity index (χ1n) is 7.09. The minimum Gasteiger partial charge on any atom is -0.394 e. The zero-order valence-electron chi connectivity index (χ0n) is 11.9. The van der Waals surface area contributed by atoms with Gasteiger partial charge in [-0.2, -0.15) is 0 Å². The van der Waals surface area contributed by atoms with Crippen LogP contribution in [0, 0.1) is 0 Å². The van der Waals surface area contributed by atoms with Crippen LogP contribution in [0.2, 0.25) is 0 Å². The first kappa shape index (κ1) is 14.3. The van der Waals surface area contributed by atoms with Crippen molar-refractivity contribution in [3.05, 3.63) is 24.8 Å². The smallest absolute Gasteiger partial charge is 0.164 e. The highest BCUT2D eigenvalue weighted by atomic mass is 16.6. The third-order valence-electron chi connectivity index (χ3n) is 4.15. The molecule has 1 aliphatic rings. The normalized spacial score (nSPS) is 28.0. The fourth-order valence-electron chi connectivity index (χ4n) is 2.91. The first-order chi connectivity index (χ1) is 11.1. The fourth-order valence-corrected chi connectivity index (χ4v) is 2.91. The maximum atomic E-state index is 10.2. The summed E-state index contributed by atoms with van der Waals surface area (Å²) in [4.78, 5) is 12.4. The van der Waals surface area contributed by atoms with E-state index in [0.29, 0.717) is 27.8 Å². The molecule has 0 saturated carbocycles. The predicted octanol–water partition coefficient (Wildman–Crippen LogP) is -0.827. The van der Waals surface area contributed by atoms with Gasteiger partial charge in [-0.1, -0.05) is 0 Å². The van der Waals surface area contributed by atoms with Gasteiger partial charge in [0.05, 0.1) is 29.5 Å². The molecular formula is C14H15N5O4. The number of fused-ring (bicyclic) bond motifs is 2. The number of benzene rings is 1. The quantitative estimate of drug-likeness (QED) is 0.480. The van der Waals surface area contributed by atoms with Crippen molar-refractivity contribution in [2.45, 2.75) is 24.5 Å². The number of ether oxygens (including phenoxy) is 1. The fraction of sp³-hybridized carbons (Fsp3) is 0.357. The lowest BCUT2D eigenvalue weighted by Crippen LogP contribution is -2.33. The van der Waals surface area contributed by atoms with Gasteiger partial charge in [-0.25, -0.2) is 15.0 Å². The predicted molar refractivity (Wildman–Crippen MR) is 80.3 cm³/mol. The minimum atomic E-state index is -1.17. The molecule has 3 heterocycles. The molecule has 9 heteroatoms. The number of nitrogens with zero attached hydrogens (tertiary/aromatic N) is 4. The van der Waals surface area contributed by atoms with Crippen molar-refractivity contribution in [2.24, 2.45) is 0 Å². The summed E-state index contributed by atoms with van der Waals surface area (Å²) in [7, 11) is 0. The second-order valence-electron chi connectivity index (χ2n) is 5.50. The lowest BCUT2D eigenvalue weighted by atomic mass is 10.1. The summed E-state index contributed by atoms with van der Waals surface area (Å²) in [5, 5.41) is 30.0. The maximum absolute atomic E-state index is 10.2. The molecule has 1 aromatic carbocycles. The highest BCUT2D eigenvalue weighted by molar-refractivity contribution is 5.97. The summed E-state index contributed by atoms with van der Waals surface area (Å²) in [5.41, 5.74) is 7.79. The molecule has 23 heavy (non-hydrogen) atoms. The van der Waals surface area contributed by atoms with E-state index in [0.717, 1.165) is 0 Å². The van der Waals surface area contributed by atoms with Crippen LogP contribution in [0.1, 0.15) is 6.23 Å². The van der Waals surface area contributed by atoms with E-state index in [2.05, 4.69) is 15.0 Å². The lowest BCUT2D eigenvalue weighted by molar-refractivity contribution is -0.0508. The number of aromatic nitrogens is 4. The third-order valence-corrected chi connectivity index (χ3v) is 4.15. The van der Waals surface area contributed by atoms with Crippen molar-refractivity contribution in [3.63, 3.8) is 0 Å². The van der Waals surface area contributed by atoms with Crippen molar-refractivity contribution in [1.82, 2.24) is 19.5 Å². The van der Waals surface area contributed by atoms with Crippen LogP contribution in [0.4, 0.5) is 5.82 Å². The third kappa shape index (κ3) is 2.05. The number of imidazole rings is 1. The van der Waals surface area contributed by atoms with Gasteiger partial charge in [0.25, 0.3) is 0 Å². The molecule has 3 aromatic rings. The van der Waals surface area contributed by atoms with Gasteiger partial charge < -0.3 is 30.4 Å². The number of anilines is 1. The van der Waals surface area contributed by atoms with Crippen molar-refractivity contribution in [2.75, 3.05) is 12.3 Å². The van der Waals surface area contributed by atoms with Gasteiger partial charge in [-0.15, -0.1) is 0 Å². The van der Waals surface area contributed by atoms with E-state index in [1.165, 1.54) is 12.7 Å². The molecule has 9 nitrogen and oxygen atoms in total. The number of hydrogen-bond donors (Lipinski definition) is 4. The number of rotatable bonds is 2. The molecule has 0 spiro atoms. The number of hydrogen-bond acceptors (Lipinski definition) is 8. The van der Waals surface area contributed by atoms with Crippen LogP contribution in [0.5, 0.6) is 0 Å². The minimum absolute atomic E-state index is 0.361. The van der Waals surface area contributed by atoms with E-state index in [1.807, 2.05) is 0 Å². The standard InChI is InChI=1S/C14H15N5O4/c15-13-6-1-8-9(2-7(6)16-4-17-13)19(5-18-8)14-12(22)11(21)10(3-20)23-14/h1-2,4-5,10-12,14,20-22H,3H2,(H2,15,16,17)/t10-,11+,12+,14+/m0/s1. The zero-order valence-corrected chi connectivity index (χ0v) is 11.9. The Morgan fingerprint density at radius 1 is 1.13 bits per heavy atom. The van der Waals surface area contributed by atoms with Gasteiger partial charge in [0.15, 0.2) is 6.23 Å². The van der Waals surface area contributed by atoms with E-state index in [9.17, 15) is 15.3 Å². The number of aliphatic hydroxyl groups is 3. The molecule has 5 N–H and O–H groups in total. The van der Waals surface area contributed by atoms with E-state index in [-0.39, 0.29) is 6.61 Å². The Morgan fingerprint density at radius 2 is 1.96 bits per heavy atom. The molecule has 0 unspecified atom stereocenters. The Kier molecular flexibility index (Phi) is 3.16. The van der Waals surface area contributed by atoms with E-state index in [1.54, 1.807) is 16.7 Å². The van der Waals surface area contributed by atoms with Crippen LogP contribution in [-0.4, -0.2) is 59.8 Å². The van der Waals surface area contributed by atoms with Gasteiger partial charge in [-0.05, 0) is 12.1 Å². The summed E-state index contributed by atoms with van der Waals surface area (Å²) in [6.45, 7) is -0.381. The molecule has 0 aliphatic carbocycles. The summed E-state index contributed by atoms with van der Waals surface area (Å²) < 4.78 is 7.15. The van der Waals surface area contributed by atoms with Gasteiger partial charge in [0.2, 0.25) is 0 Å². The van der Waals surface area contributed by atoms with Gasteiger partial charge >= 0.3 is 0 Å². The van der Waals surface area contributed by atoms with Crippen LogP contribution >= 0.6 is 0 Å². The molecule has 120 valence electrons. The first-order valence-corrected chi connectivity index (χ1v) is 7.09. The monoisotopic (exact) mass is 317 g/mol. The average Bonchev–Trinajstić information content (AvgIpc) is 3.08. The molecule has 1 fully saturated rings. The SMILES string of the molecule is Nc1ncnc2cc3c(cc12)ncn3[C@@H]1O[C@@H](CO)[C@@H](O)[C@H]1O. The summed E-state index contributed by atoms with van der Waals surface area (Å²) in [6, 6.07) is 3.53. The summed E-state index contributed by atoms with van der Waals surface area (Å²) in [5.74, 6) is 0.361. The van der Waals surface area contributed by atoms with Crippen molar-refractivity contribution >= 4 is 27.8 Å². The van der Waals surface area contributed by atoms with Crippen LogP contribution in [-0.2, 0) is 4.74 Å². The largest absolute Gasteiger partial charge is 0.394 e. The van der Waals surface area contributed by atoms with Crippen molar-refractivity contribution in [3.8, 4) is 0 Å². The topological polar surface area (TPSA) is 140 Å². The molecule has 0 amide bonds. The molecule has 0 radical (unpaired) electrons. The van der Waals surface area contributed by atoms with E-state index >= 15 is 0 Å². The van der Waals surface area contributed by atoms with Crippen molar-refractivity contribution < 1.29 is 20.1 Å². The van der Waals surface area contributed by atoms with Crippen LogP contribution in [0.25, 0.3) is 21.9 Å². The molecule has 4 atom stereocenters. The summed E-state index contributed by atoms with van der Waals surface area (Å²) in [6.07, 6.45) is -1.14. The second kappa shape index (κ2) is 5.10. The highest BCUT2D eigenvalue weighted by Gasteiger charge is 2.43. The van der Waals surface area contributed by atoms with Crippen LogP contribution < -0.4 is 5.73 Å². The van der Waals surface area contributed by atoms with Crippen LogP contribution in [0.15, 0.2) is 24.8 Å². The highest BCUT2D eigenvalue weighted by Crippen LogP contribution is 2.33. The van der Waals surface area contributed by atoms with Gasteiger partial charge in [0, 0.05) is 5.39 Å². The molecule has 2 aromatic heterocycles. The maximum Gasteiger partial charge on any atom is 0.164 e. The molecule has 1 aliphatic heterocycles. The van der Waals surface area contributed by atoms with E-state index in [4.69, 9.17) is 10.5 Å². The van der Waals surface area contributed by atoms with Gasteiger partial charge in [-0.3, -0.25) is 0 Å².